The van der Waals surface area contributed by atoms with E-state index in [1.165, 1.54) is 17.0 Å². The predicted molar refractivity (Wildman–Crippen MR) is 118 cm³/mol. The summed E-state index contributed by atoms with van der Waals surface area (Å²) >= 11 is 0. The highest BCUT2D eigenvalue weighted by Crippen LogP contribution is 2.41. The Balaban J connectivity index is 1.69. The van der Waals surface area contributed by atoms with Crippen molar-refractivity contribution in [3.05, 3.63) is 102 Å². The van der Waals surface area contributed by atoms with Crippen LogP contribution in [0.3, 0.4) is 0 Å². The number of amides is 1. The maximum Gasteiger partial charge on any atom is 0.296 e. The van der Waals surface area contributed by atoms with Crippen molar-refractivity contribution in [3.8, 4) is 5.75 Å². The van der Waals surface area contributed by atoms with Crippen LogP contribution in [-0.4, -0.2) is 36.8 Å². The molecule has 0 bridgehead atoms. The van der Waals surface area contributed by atoms with E-state index in [4.69, 9.17) is 0 Å². The van der Waals surface area contributed by atoms with Gasteiger partial charge in [-0.15, -0.1) is 0 Å². The van der Waals surface area contributed by atoms with Crippen molar-refractivity contribution in [1.29, 1.82) is 0 Å². The Kier molecular flexibility index (Phi) is 4.71. The van der Waals surface area contributed by atoms with Crippen LogP contribution in [0.2, 0.25) is 0 Å². The number of fused-ring (bicyclic) bond motifs is 1. The van der Waals surface area contributed by atoms with Gasteiger partial charge in [-0.1, -0.05) is 36.4 Å². The number of phenols is 1. The number of aromatic hydroxyl groups is 1. The summed E-state index contributed by atoms with van der Waals surface area (Å²) in [5.41, 5.74) is 2.46. The van der Waals surface area contributed by atoms with Gasteiger partial charge >= 0.3 is 0 Å². The van der Waals surface area contributed by atoms with Gasteiger partial charge in [0.25, 0.3) is 11.7 Å². The molecule has 1 amide bonds. The van der Waals surface area contributed by atoms with Gasteiger partial charge in [-0.05, 0) is 35.9 Å². The summed E-state index contributed by atoms with van der Waals surface area (Å²) in [4.78, 5) is 35.0. The molecule has 5 rings (SSSR count). The molecule has 32 heavy (non-hydrogen) atoms. The van der Waals surface area contributed by atoms with E-state index in [1.807, 2.05) is 24.3 Å². The molecule has 1 unspecified atom stereocenters. The number of aromatic nitrogens is 2. The molecule has 158 valence electrons. The standard InChI is InChI=1S/C25H19N3O4/c29-17-10-8-15(9-11-17)22-21(23(30)19-13-27-20-7-2-1-6-18(19)20)24(31)25(32)28(22)14-16-5-3-4-12-26-16/h1-13,22,27,29-30H,14H2/b23-21-. The van der Waals surface area contributed by atoms with Crippen LogP contribution >= 0.6 is 0 Å². The average molecular weight is 425 g/mol. The van der Waals surface area contributed by atoms with Crippen LogP contribution < -0.4 is 0 Å². The van der Waals surface area contributed by atoms with Crippen LogP contribution in [0.25, 0.3) is 16.7 Å². The summed E-state index contributed by atoms with van der Waals surface area (Å²) in [6.45, 7) is 0.0988. The Labute approximate surface area is 183 Å². The molecule has 1 saturated heterocycles. The number of para-hydroxylation sites is 1. The molecular weight excluding hydrogens is 406 g/mol. The summed E-state index contributed by atoms with van der Waals surface area (Å²) in [5.74, 6) is -1.66. The van der Waals surface area contributed by atoms with Crippen molar-refractivity contribution in [2.45, 2.75) is 12.6 Å². The van der Waals surface area contributed by atoms with Crippen molar-refractivity contribution in [2.75, 3.05) is 0 Å². The topological polar surface area (TPSA) is 107 Å². The molecule has 0 aliphatic carbocycles. The summed E-state index contributed by atoms with van der Waals surface area (Å²) in [6.07, 6.45) is 3.24. The van der Waals surface area contributed by atoms with Gasteiger partial charge in [0.2, 0.25) is 0 Å². The number of aromatic amines is 1. The minimum Gasteiger partial charge on any atom is -0.508 e. The fraction of sp³-hybridized carbons (Fsp3) is 0.0800. The number of pyridine rings is 1. The van der Waals surface area contributed by atoms with E-state index >= 15 is 0 Å². The molecule has 1 atom stereocenters. The Morgan fingerprint density at radius 3 is 2.50 bits per heavy atom. The Hall–Kier alpha value is -4.39. The van der Waals surface area contributed by atoms with Gasteiger partial charge in [-0.25, -0.2) is 0 Å². The second kappa shape index (κ2) is 7.70. The number of phenolic OH excluding ortho intramolecular Hbond substituents is 1. The minimum atomic E-state index is -0.828. The van der Waals surface area contributed by atoms with E-state index in [0.29, 0.717) is 16.8 Å². The molecule has 4 aromatic rings. The highest BCUT2D eigenvalue weighted by atomic mass is 16.3. The molecule has 0 saturated carbocycles. The van der Waals surface area contributed by atoms with Crippen LogP contribution in [0.1, 0.15) is 22.9 Å². The fourth-order valence-electron chi connectivity index (χ4n) is 4.12. The second-order valence-electron chi connectivity index (χ2n) is 7.59. The number of hydrogen-bond acceptors (Lipinski definition) is 5. The number of hydrogen-bond donors (Lipinski definition) is 3. The third kappa shape index (κ3) is 3.20. The molecular formula is C25H19N3O4. The van der Waals surface area contributed by atoms with Gasteiger partial charge in [0.05, 0.1) is 23.9 Å². The predicted octanol–water partition coefficient (Wildman–Crippen LogP) is 3.89. The van der Waals surface area contributed by atoms with Crippen LogP contribution in [0.5, 0.6) is 5.75 Å². The van der Waals surface area contributed by atoms with E-state index in [-0.39, 0.29) is 23.6 Å². The highest BCUT2D eigenvalue weighted by Gasteiger charge is 2.46. The molecule has 1 fully saturated rings. The number of Topliss-reactive ketones (excluding diaryl/α,β-unsaturated/α-hetero) is 1. The lowest BCUT2D eigenvalue weighted by Crippen LogP contribution is -2.29. The first kappa shape index (κ1) is 19.6. The Morgan fingerprint density at radius 1 is 1.00 bits per heavy atom. The number of H-pyrrole nitrogens is 1. The molecule has 1 aliphatic heterocycles. The number of aliphatic hydroxyl groups excluding tert-OH is 1. The summed E-state index contributed by atoms with van der Waals surface area (Å²) in [6, 6.07) is 18.2. The first-order valence-corrected chi connectivity index (χ1v) is 10.1. The number of benzene rings is 2. The first-order chi connectivity index (χ1) is 15.5. The van der Waals surface area contributed by atoms with Crippen molar-refractivity contribution in [2.24, 2.45) is 0 Å². The van der Waals surface area contributed by atoms with E-state index in [0.717, 1.165) is 10.9 Å². The summed E-state index contributed by atoms with van der Waals surface area (Å²) < 4.78 is 0. The smallest absolute Gasteiger partial charge is 0.296 e. The SMILES string of the molecule is O=C1C(=O)N(Cc2ccccn2)C(c2ccc(O)cc2)/C1=C(/O)c1c[nH]c2ccccc12. The molecule has 3 heterocycles. The van der Waals surface area contributed by atoms with Crippen LogP contribution in [0, 0.1) is 0 Å². The van der Waals surface area contributed by atoms with Gasteiger partial charge in [0, 0.05) is 28.9 Å². The zero-order valence-electron chi connectivity index (χ0n) is 16.9. The monoisotopic (exact) mass is 425 g/mol. The zero-order valence-corrected chi connectivity index (χ0v) is 16.9. The number of carbonyl (C=O) groups excluding carboxylic acids is 2. The van der Waals surface area contributed by atoms with Gasteiger partial charge < -0.3 is 20.1 Å². The molecule has 2 aromatic carbocycles. The second-order valence-corrected chi connectivity index (χ2v) is 7.59. The Bertz CT molecular complexity index is 1360. The van der Waals surface area contributed by atoms with Gasteiger partial charge in [-0.3, -0.25) is 14.6 Å². The third-order valence-electron chi connectivity index (χ3n) is 5.65. The van der Waals surface area contributed by atoms with Crippen LogP contribution in [0.4, 0.5) is 0 Å². The van der Waals surface area contributed by atoms with Crippen LogP contribution in [-0.2, 0) is 16.1 Å². The molecule has 2 aromatic heterocycles. The van der Waals surface area contributed by atoms with E-state index < -0.39 is 17.7 Å². The largest absolute Gasteiger partial charge is 0.508 e. The zero-order chi connectivity index (χ0) is 22.2. The fourth-order valence-corrected chi connectivity index (χ4v) is 4.12. The number of carbonyl (C=O) groups is 2. The molecule has 0 spiro atoms. The molecule has 0 radical (unpaired) electrons. The van der Waals surface area contributed by atoms with E-state index in [2.05, 4.69) is 9.97 Å². The third-order valence-corrected chi connectivity index (χ3v) is 5.65. The number of nitrogens with zero attached hydrogens (tertiary/aromatic N) is 2. The number of ketones is 1. The maximum absolute atomic E-state index is 13.1. The van der Waals surface area contributed by atoms with E-state index in [9.17, 15) is 19.8 Å². The lowest BCUT2D eigenvalue weighted by atomic mass is 9.95. The average Bonchev–Trinajstić information content (AvgIpc) is 3.35. The molecule has 7 nitrogen and oxygen atoms in total. The maximum atomic E-state index is 13.1. The van der Waals surface area contributed by atoms with Gasteiger partial charge in [0.15, 0.2) is 0 Å². The lowest BCUT2D eigenvalue weighted by Gasteiger charge is -2.25. The summed E-state index contributed by atoms with van der Waals surface area (Å²) in [5, 5.41) is 21.7. The molecule has 1 aliphatic rings. The van der Waals surface area contributed by atoms with Crippen molar-refractivity contribution in [3.63, 3.8) is 0 Å². The Morgan fingerprint density at radius 2 is 1.75 bits per heavy atom. The first-order valence-electron chi connectivity index (χ1n) is 10.1. The lowest BCUT2D eigenvalue weighted by molar-refractivity contribution is -0.140. The van der Waals surface area contributed by atoms with Crippen molar-refractivity contribution in [1.82, 2.24) is 14.9 Å². The normalized spacial score (nSPS) is 17.9. The summed E-state index contributed by atoms with van der Waals surface area (Å²) in [7, 11) is 0. The van der Waals surface area contributed by atoms with Gasteiger partial charge in [0.1, 0.15) is 11.5 Å². The number of rotatable bonds is 4. The van der Waals surface area contributed by atoms with Crippen LogP contribution in [0.15, 0.2) is 84.7 Å². The number of aliphatic hydroxyl groups is 1. The number of nitrogens with one attached hydrogen (secondary N) is 1. The molecule has 3 N–H and O–H groups in total. The van der Waals surface area contributed by atoms with Crippen molar-refractivity contribution < 1.29 is 19.8 Å². The van der Waals surface area contributed by atoms with E-state index in [1.54, 1.807) is 42.7 Å². The minimum absolute atomic E-state index is 0.00127. The van der Waals surface area contributed by atoms with Crippen molar-refractivity contribution >= 4 is 28.4 Å². The highest BCUT2D eigenvalue weighted by molar-refractivity contribution is 6.46. The number of likely N-dealkylation sites (tertiary alicyclic amines) is 1. The van der Waals surface area contributed by atoms with Gasteiger partial charge in [-0.2, -0.15) is 0 Å². The molecule has 7 heteroatoms. The quantitative estimate of drug-likeness (QED) is 0.261.